The van der Waals surface area contributed by atoms with Crippen LogP contribution in [0.15, 0.2) is 0 Å². The van der Waals surface area contributed by atoms with Gasteiger partial charge in [0, 0.05) is 0 Å². The summed E-state index contributed by atoms with van der Waals surface area (Å²) in [5.74, 6) is 0.456. The number of carbonyl (C=O) groups is 2. The smallest absolute Gasteiger partial charge is 0.413 e. The second-order valence-electron chi connectivity index (χ2n) is 4.23. The van der Waals surface area contributed by atoms with Gasteiger partial charge in [-0.15, -0.1) is 0 Å². The van der Waals surface area contributed by atoms with Crippen molar-refractivity contribution in [1.29, 1.82) is 0 Å². The molecule has 92 valence electrons. The molecule has 0 aromatic rings. The lowest BCUT2D eigenvalue weighted by atomic mass is 9.99. The molecule has 1 aliphatic heterocycles. The average molecular weight is 228 g/mol. The third kappa shape index (κ3) is 4.61. The lowest BCUT2D eigenvalue weighted by Gasteiger charge is -2.29. The number of hydrogen-bond donors (Lipinski definition) is 1. The maximum absolute atomic E-state index is 11.4. The molecule has 0 bridgehead atoms. The van der Waals surface area contributed by atoms with Crippen LogP contribution in [-0.2, 0) is 9.53 Å². The number of nitrogens with one attached hydrogen (secondary N) is 1. The predicted molar refractivity (Wildman–Crippen MR) is 60.0 cm³/mol. The van der Waals surface area contributed by atoms with Crippen LogP contribution in [0.2, 0.25) is 0 Å². The topological polar surface area (TPSA) is 58.6 Å². The molecule has 0 aromatic carbocycles. The minimum absolute atomic E-state index is 0.278. The number of nitrogens with zero attached hydrogens (tertiary/aromatic N) is 1. The zero-order valence-electron chi connectivity index (χ0n) is 9.99. The Labute approximate surface area is 96.1 Å². The van der Waals surface area contributed by atoms with Crippen LogP contribution in [0.25, 0.3) is 0 Å². The van der Waals surface area contributed by atoms with Gasteiger partial charge in [-0.1, -0.05) is 6.92 Å². The summed E-state index contributed by atoms with van der Waals surface area (Å²) in [5, 5.41) is 2.20. The summed E-state index contributed by atoms with van der Waals surface area (Å²) in [6.45, 7) is 6.34. The molecule has 1 saturated heterocycles. The van der Waals surface area contributed by atoms with Crippen LogP contribution >= 0.6 is 0 Å². The van der Waals surface area contributed by atoms with Crippen molar-refractivity contribution in [3.8, 4) is 0 Å². The molecule has 16 heavy (non-hydrogen) atoms. The van der Waals surface area contributed by atoms with E-state index in [2.05, 4.69) is 21.9 Å². The van der Waals surface area contributed by atoms with E-state index >= 15 is 0 Å². The Morgan fingerprint density at radius 2 is 2.00 bits per heavy atom. The number of likely N-dealkylation sites (tertiary alicyclic amines) is 1. The van der Waals surface area contributed by atoms with Crippen LogP contribution in [0, 0.1) is 5.92 Å². The Morgan fingerprint density at radius 1 is 1.38 bits per heavy atom. The van der Waals surface area contributed by atoms with Crippen molar-refractivity contribution < 1.29 is 14.3 Å². The second-order valence-corrected chi connectivity index (χ2v) is 4.23. The Balaban J connectivity index is 2.21. The van der Waals surface area contributed by atoms with Crippen molar-refractivity contribution in [2.24, 2.45) is 5.92 Å². The van der Waals surface area contributed by atoms with Gasteiger partial charge in [0.05, 0.1) is 13.2 Å². The van der Waals surface area contributed by atoms with Gasteiger partial charge in [0.25, 0.3) is 0 Å². The molecule has 1 fully saturated rings. The lowest BCUT2D eigenvalue weighted by Crippen LogP contribution is -2.43. The summed E-state index contributed by atoms with van der Waals surface area (Å²) in [4.78, 5) is 24.5. The van der Waals surface area contributed by atoms with Crippen molar-refractivity contribution in [2.45, 2.75) is 26.7 Å². The number of rotatable bonds is 3. The highest BCUT2D eigenvalue weighted by Crippen LogP contribution is 2.15. The quantitative estimate of drug-likeness (QED) is 0.782. The summed E-state index contributed by atoms with van der Waals surface area (Å²) in [5.41, 5.74) is 0. The van der Waals surface area contributed by atoms with Gasteiger partial charge >= 0.3 is 6.09 Å². The van der Waals surface area contributed by atoms with Gasteiger partial charge in [0.1, 0.15) is 0 Å². The SMILES string of the molecule is CCOC(=O)NC(=O)CN1CCC(C)CC1. The molecule has 5 heteroatoms. The number of imide groups is 1. The van der Waals surface area contributed by atoms with E-state index in [4.69, 9.17) is 0 Å². The van der Waals surface area contributed by atoms with Crippen LogP contribution in [-0.4, -0.2) is 43.1 Å². The first-order chi connectivity index (χ1) is 7.61. The number of hydrogen-bond acceptors (Lipinski definition) is 4. The molecule has 2 amide bonds. The molecule has 5 nitrogen and oxygen atoms in total. The molecule has 1 rings (SSSR count). The third-order valence-electron chi connectivity index (χ3n) is 2.76. The Hall–Kier alpha value is -1.10. The van der Waals surface area contributed by atoms with Crippen LogP contribution in [0.1, 0.15) is 26.7 Å². The summed E-state index contributed by atoms with van der Waals surface area (Å²) >= 11 is 0. The molecule has 0 spiro atoms. The van der Waals surface area contributed by atoms with Gasteiger partial charge in [0.15, 0.2) is 0 Å². The number of amides is 2. The molecule has 1 heterocycles. The fourth-order valence-corrected chi connectivity index (χ4v) is 1.74. The van der Waals surface area contributed by atoms with Crippen molar-refractivity contribution in [3.05, 3.63) is 0 Å². The molecular formula is C11H20N2O3. The Bertz CT molecular complexity index is 248. The summed E-state index contributed by atoms with van der Waals surface area (Å²) < 4.78 is 4.63. The predicted octanol–water partition coefficient (Wildman–Crippen LogP) is 0.991. The molecule has 0 radical (unpaired) electrons. The van der Waals surface area contributed by atoms with Gasteiger partial charge in [-0.2, -0.15) is 0 Å². The fraction of sp³-hybridized carbons (Fsp3) is 0.818. The standard InChI is InChI=1S/C11H20N2O3/c1-3-16-11(15)12-10(14)8-13-6-4-9(2)5-7-13/h9H,3-8H2,1-2H3,(H,12,14,15). The molecule has 1 N–H and O–H groups in total. The van der Waals surface area contributed by atoms with Crippen LogP contribution < -0.4 is 5.32 Å². The number of ether oxygens (including phenoxy) is 1. The van der Waals surface area contributed by atoms with E-state index < -0.39 is 6.09 Å². The fourth-order valence-electron chi connectivity index (χ4n) is 1.74. The first kappa shape index (κ1) is 13.0. The highest BCUT2D eigenvalue weighted by Gasteiger charge is 2.18. The minimum atomic E-state index is -0.655. The largest absolute Gasteiger partial charge is 0.450 e. The zero-order chi connectivity index (χ0) is 12.0. The van der Waals surface area contributed by atoms with Gasteiger partial charge in [-0.05, 0) is 38.8 Å². The Kier molecular flexibility index (Phi) is 5.25. The molecule has 0 saturated carbocycles. The van der Waals surface area contributed by atoms with Crippen LogP contribution in [0.5, 0.6) is 0 Å². The van der Waals surface area contributed by atoms with Gasteiger partial charge in [-0.3, -0.25) is 15.0 Å². The van der Waals surface area contributed by atoms with Crippen molar-refractivity contribution >= 4 is 12.0 Å². The van der Waals surface area contributed by atoms with E-state index in [0.29, 0.717) is 0 Å². The van der Waals surface area contributed by atoms with Gasteiger partial charge < -0.3 is 4.74 Å². The number of alkyl carbamates (subject to hydrolysis) is 1. The van der Waals surface area contributed by atoms with E-state index in [9.17, 15) is 9.59 Å². The molecule has 0 atom stereocenters. The third-order valence-corrected chi connectivity index (χ3v) is 2.76. The molecular weight excluding hydrogens is 208 g/mol. The van der Waals surface area contributed by atoms with E-state index in [1.165, 1.54) is 0 Å². The molecule has 1 aliphatic rings. The van der Waals surface area contributed by atoms with E-state index in [1.807, 2.05) is 0 Å². The summed E-state index contributed by atoms with van der Waals surface area (Å²) in [6.07, 6.45) is 1.58. The summed E-state index contributed by atoms with van der Waals surface area (Å²) in [6, 6.07) is 0. The number of piperidine rings is 1. The lowest BCUT2D eigenvalue weighted by molar-refractivity contribution is -0.121. The average Bonchev–Trinajstić information content (AvgIpc) is 2.21. The molecule has 0 aromatic heterocycles. The number of carbonyl (C=O) groups excluding carboxylic acids is 2. The van der Waals surface area contributed by atoms with Gasteiger partial charge in [-0.25, -0.2) is 4.79 Å². The second kappa shape index (κ2) is 6.48. The van der Waals surface area contributed by atoms with E-state index in [0.717, 1.165) is 31.8 Å². The van der Waals surface area contributed by atoms with Crippen molar-refractivity contribution in [3.63, 3.8) is 0 Å². The Morgan fingerprint density at radius 3 is 2.56 bits per heavy atom. The molecule has 0 unspecified atom stereocenters. The van der Waals surface area contributed by atoms with E-state index in [1.54, 1.807) is 6.92 Å². The zero-order valence-corrected chi connectivity index (χ0v) is 9.99. The first-order valence-electron chi connectivity index (χ1n) is 5.80. The summed E-state index contributed by atoms with van der Waals surface area (Å²) in [7, 11) is 0. The molecule has 0 aliphatic carbocycles. The van der Waals surface area contributed by atoms with Crippen molar-refractivity contribution in [1.82, 2.24) is 10.2 Å². The van der Waals surface area contributed by atoms with E-state index in [-0.39, 0.29) is 19.1 Å². The first-order valence-corrected chi connectivity index (χ1v) is 5.80. The maximum Gasteiger partial charge on any atom is 0.413 e. The van der Waals surface area contributed by atoms with Crippen LogP contribution in [0.4, 0.5) is 4.79 Å². The minimum Gasteiger partial charge on any atom is -0.450 e. The van der Waals surface area contributed by atoms with Crippen molar-refractivity contribution in [2.75, 3.05) is 26.2 Å². The maximum atomic E-state index is 11.4. The monoisotopic (exact) mass is 228 g/mol. The highest BCUT2D eigenvalue weighted by atomic mass is 16.5. The van der Waals surface area contributed by atoms with Gasteiger partial charge in [0.2, 0.25) is 5.91 Å². The van der Waals surface area contributed by atoms with Crippen LogP contribution in [0.3, 0.4) is 0 Å². The normalized spacial score (nSPS) is 18.1. The highest BCUT2D eigenvalue weighted by molar-refractivity contribution is 5.92.